The van der Waals surface area contributed by atoms with Crippen LogP contribution in [-0.2, 0) is 0 Å². The molecule has 0 aromatic rings. The molecular weight excluding hydrogens is 244 g/mol. The number of carbonyl (C=O) groups is 2. The second-order valence-electron chi connectivity index (χ2n) is 2.50. The van der Waals surface area contributed by atoms with Crippen LogP contribution in [0, 0.1) is 0 Å². The van der Waals surface area contributed by atoms with Gasteiger partial charge >= 0.3 is 0 Å². The Bertz CT molecular complexity index is 154. The van der Waals surface area contributed by atoms with Crippen molar-refractivity contribution in [3.8, 4) is 0 Å². The molecule has 0 aromatic heterocycles. The zero-order valence-electron chi connectivity index (χ0n) is 10.5. The van der Waals surface area contributed by atoms with Crippen LogP contribution in [0.3, 0.4) is 0 Å². The number of rotatable bonds is 4. The van der Waals surface area contributed by atoms with Crippen molar-refractivity contribution in [1.82, 2.24) is 10.6 Å². The van der Waals surface area contributed by atoms with Crippen LogP contribution in [0.2, 0.25) is 0 Å². The molecule has 0 atom stereocenters. The van der Waals surface area contributed by atoms with E-state index in [9.17, 15) is 9.59 Å². The first-order valence-electron chi connectivity index (χ1n) is 5.43. The highest BCUT2D eigenvalue weighted by atomic mass is 32.2. The summed E-state index contributed by atoms with van der Waals surface area (Å²) in [7, 11) is 0. The molecule has 0 aliphatic heterocycles. The zero-order valence-corrected chi connectivity index (χ0v) is 12.1. The van der Waals surface area contributed by atoms with Crippen LogP contribution < -0.4 is 10.6 Å². The summed E-state index contributed by atoms with van der Waals surface area (Å²) in [5.41, 5.74) is 0. The van der Waals surface area contributed by atoms with Gasteiger partial charge in [0.15, 0.2) is 0 Å². The fourth-order valence-electron chi connectivity index (χ4n) is 0.653. The first-order chi connectivity index (χ1) is 7.62. The zero-order chi connectivity index (χ0) is 12.8. The van der Waals surface area contributed by atoms with Gasteiger partial charge in [-0.3, -0.25) is 9.59 Å². The van der Waals surface area contributed by atoms with Crippen LogP contribution in [0.5, 0.6) is 0 Å². The average molecular weight is 266 g/mol. The van der Waals surface area contributed by atoms with E-state index in [0.717, 1.165) is 24.6 Å². The lowest BCUT2D eigenvalue weighted by molar-refractivity contribution is 0.260. The highest BCUT2D eigenvalue weighted by Gasteiger charge is 1.94. The number of amides is 2. The Balaban J connectivity index is 0. The molecule has 2 N–H and O–H groups in total. The third-order valence-electron chi connectivity index (χ3n) is 1.19. The predicted octanol–water partition coefficient (Wildman–Crippen LogP) is 2.94. The summed E-state index contributed by atoms with van der Waals surface area (Å²) in [6, 6.07) is 0. The quantitative estimate of drug-likeness (QED) is 0.821. The molecule has 0 heterocycles. The molecule has 4 nitrogen and oxygen atoms in total. The summed E-state index contributed by atoms with van der Waals surface area (Å²) in [4.78, 5) is 21.0. The summed E-state index contributed by atoms with van der Waals surface area (Å²) in [5.74, 6) is 1.71. The maximum atomic E-state index is 10.5. The summed E-state index contributed by atoms with van der Waals surface area (Å²) in [5, 5.41) is 5.50. The maximum Gasteiger partial charge on any atom is 0.279 e. The SMILES string of the molecule is CCNC(=O)SCC.CCNC(=O)SCC. The molecule has 0 radical (unpaired) electrons. The molecule has 0 saturated carbocycles. The molecule has 0 rings (SSSR count). The Morgan fingerprint density at radius 3 is 1.31 bits per heavy atom. The number of hydrogen-bond acceptors (Lipinski definition) is 4. The van der Waals surface area contributed by atoms with E-state index < -0.39 is 0 Å². The molecule has 0 aromatic carbocycles. The van der Waals surface area contributed by atoms with E-state index in [1.54, 1.807) is 0 Å². The molecule has 0 saturated heterocycles. The first kappa shape index (κ1) is 18.0. The molecule has 0 spiro atoms. The molecular formula is C10H22N2O2S2. The lowest BCUT2D eigenvalue weighted by Crippen LogP contribution is -2.17. The van der Waals surface area contributed by atoms with E-state index in [0.29, 0.717) is 0 Å². The third kappa shape index (κ3) is 16.1. The molecule has 6 heteroatoms. The van der Waals surface area contributed by atoms with E-state index in [-0.39, 0.29) is 10.5 Å². The maximum absolute atomic E-state index is 10.5. The Hall–Kier alpha value is -0.360. The summed E-state index contributed by atoms with van der Waals surface area (Å²) >= 11 is 2.61. The van der Waals surface area contributed by atoms with E-state index >= 15 is 0 Å². The fraction of sp³-hybridized carbons (Fsp3) is 0.800. The molecule has 0 aliphatic carbocycles. The minimum Gasteiger partial charge on any atom is -0.347 e. The number of carbonyl (C=O) groups excluding carboxylic acids is 2. The number of thioether (sulfide) groups is 2. The van der Waals surface area contributed by atoms with Crippen LogP contribution in [0.25, 0.3) is 0 Å². The minimum absolute atomic E-state index is 0.0787. The van der Waals surface area contributed by atoms with Crippen LogP contribution in [0.4, 0.5) is 9.59 Å². The van der Waals surface area contributed by atoms with Gasteiger partial charge in [0.25, 0.3) is 10.5 Å². The molecule has 0 aliphatic rings. The van der Waals surface area contributed by atoms with Gasteiger partial charge in [-0.2, -0.15) is 0 Å². The van der Waals surface area contributed by atoms with E-state index in [2.05, 4.69) is 10.6 Å². The van der Waals surface area contributed by atoms with Gasteiger partial charge in [-0.1, -0.05) is 37.4 Å². The van der Waals surface area contributed by atoms with Crippen molar-refractivity contribution in [2.24, 2.45) is 0 Å². The largest absolute Gasteiger partial charge is 0.347 e. The van der Waals surface area contributed by atoms with Crippen molar-refractivity contribution in [3.63, 3.8) is 0 Å². The van der Waals surface area contributed by atoms with Crippen molar-refractivity contribution in [2.75, 3.05) is 24.6 Å². The Kier molecular flexibility index (Phi) is 16.5. The fourth-order valence-corrected chi connectivity index (χ4v) is 1.67. The van der Waals surface area contributed by atoms with Gasteiger partial charge in [-0.15, -0.1) is 0 Å². The van der Waals surface area contributed by atoms with Gasteiger partial charge in [-0.05, 0) is 25.4 Å². The van der Waals surface area contributed by atoms with Gasteiger partial charge in [0.1, 0.15) is 0 Å². The molecule has 96 valence electrons. The average Bonchev–Trinajstić information content (AvgIpc) is 2.20. The van der Waals surface area contributed by atoms with E-state index in [4.69, 9.17) is 0 Å². The van der Waals surface area contributed by atoms with Crippen molar-refractivity contribution in [1.29, 1.82) is 0 Å². The normalized spacial score (nSPS) is 8.75. The molecule has 0 fully saturated rings. The number of hydrogen-bond donors (Lipinski definition) is 2. The van der Waals surface area contributed by atoms with Crippen molar-refractivity contribution < 1.29 is 9.59 Å². The molecule has 0 unspecified atom stereocenters. The van der Waals surface area contributed by atoms with Gasteiger partial charge in [0.2, 0.25) is 0 Å². The second kappa shape index (κ2) is 14.6. The summed E-state index contributed by atoms with van der Waals surface area (Å²) in [6.07, 6.45) is 0. The topological polar surface area (TPSA) is 58.2 Å². The van der Waals surface area contributed by atoms with Crippen LogP contribution in [0.1, 0.15) is 27.7 Å². The second-order valence-corrected chi connectivity index (χ2v) is 4.98. The summed E-state index contributed by atoms with van der Waals surface area (Å²) < 4.78 is 0. The highest BCUT2D eigenvalue weighted by molar-refractivity contribution is 8.13. The van der Waals surface area contributed by atoms with Crippen LogP contribution >= 0.6 is 23.5 Å². The van der Waals surface area contributed by atoms with Gasteiger partial charge in [-0.25, -0.2) is 0 Å². The molecule has 16 heavy (non-hydrogen) atoms. The number of nitrogens with one attached hydrogen (secondary N) is 2. The van der Waals surface area contributed by atoms with E-state index in [1.807, 2.05) is 27.7 Å². The Labute approximate surface area is 107 Å². The standard InChI is InChI=1S/2C5H11NOS/c2*1-3-6-5(7)8-4-2/h2*3-4H2,1-2H3,(H,6,7). The van der Waals surface area contributed by atoms with Crippen molar-refractivity contribution in [2.45, 2.75) is 27.7 Å². The minimum atomic E-state index is 0.0787. The smallest absolute Gasteiger partial charge is 0.279 e. The van der Waals surface area contributed by atoms with Gasteiger partial charge < -0.3 is 10.6 Å². The highest BCUT2D eigenvalue weighted by Crippen LogP contribution is 1.98. The van der Waals surface area contributed by atoms with Crippen LogP contribution in [0.15, 0.2) is 0 Å². The first-order valence-corrected chi connectivity index (χ1v) is 7.40. The Morgan fingerprint density at radius 2 is 1.12 bits per heavy atom. The van der Waals surface area contributed by atoms with E-state index in [1.165, 1.54) is 23.5 Å². The molecule has 2 amide bonds. The lowest BCUT2D eigenvalue weighted by atomic mass is 10.8. The van der Waals surface area contributed by atoms with Crippen LogP contribution in [-0.4, -0.2) is 35.1 Å². The van der Waals surface area contributed by atoms with Gasteiger partial charge in [0.05, 0.1) is 0 Å². The van der Waals surface area contributed by atoms with Gasteiger partial charge in [0, 0.05) is 13.1 Å². The van der Waals surface area contributed by atoms with Crippen molar-refractivity contribution >= 4 is 34.0 Å². The monoisotopic (exact) mass is 266 g/mol. The third-order valence-corrected chi connectivity index (χ3v) is 2.58. The molecule has 0 bridgehead atoms. The Morgan fingerprint density at radius 1 is 0.812 bits per heavy atom. The predicted molar refractivity (Wildman–Crippen MR) is 74.4 cm³/mol. The lowest BCUT2D eigenvalue weighted by Gasteiger charge is -1.95. The van der Waals surface area contributed by atoms with Crippen molar-refractivity contribution in [3.05, 3.63) is 0 Å². The summed E-state index contributed by atoms with van der Waals surface area (Å²) in [6.45, 7) is 9.19.